The van der Waals surface area contributed by atoms with Crippen LogP contribution < -0.4 is 5.32 Å². The quantitative estimate of drug-likeness (QED) is 0.857. The lowest BCUT2D eigenvalue weighted by molar-refractivity contribution is -0.119. The normalized spacial score (nSPS) is 12.4. The molecule has 0 radical (unpaired) electrons. The average molecular weight is 324 g/mol. The lowest BCUT2D eigenvalue weighted by atomic mass is 10.2. The lowest BCUT2D eigenvalue weighted by Crippen LogP contribution is -2.37. The van der Waals surface area contributed by atoms with E-state index in [0.717, 1.165) is 22.0 Å². The maximum absolute atomic E-state index is 12.0. The van der Waals surface area contributed by atoms with Gasteiger partial charge in [0.25, 0.3) is 0 Å². The van der Waals surface area contributed by atoms with Crippen LogP contribution in [0.4, 0.5) is 5.69 Å². The number of likely N-dealkylation sites (N-methyl/N-ethyl adjacent to an activating group) is 1. The molecule has 1 unspecified atom stereocenters. The average Bonchev–Trinajstić information content (AvgIpc) is 2.96. The van der Waals surface area contributed by atoms with Crippen molar-refractivity contribution in [3.8, 4) is 10.6 Å². The van der Waals surface area contributed by atoms with Gasteiger partial charge in [-0.05, 0) is 45.3 Å². The van der Waals surface area contributed by atoms with Gasteiger partial charge in [-0.2, -0.15) is 0 Å². The Balaban J connectivity index is 2.07. The number of carbonyl (C=O) groups is 1. The molecule has 6 heteroatoms. The Hall–Kier alpha value is -1.43. The lowest BCUT2D eigenvalue weighted by Gasteiger charge is -2.18. The van der Waals surface area contributed by atoms with Gasteiger partial charge in [0.15, 0.2) is 0 Å². The molecule has 1 amide bonds. The molecule has 2 rings (SSSR count). The molecule has 112 valence electrons. The molecule has 21 heavy (non-hydrogen) atoms. The van der Waals surface area contributed by atoms with Crippen LogP contribution in [0, 0.1) is 0 Å². The van der Waals surface area contributed by atoms with Gasteiger partial charge in [0, 0.05) is 16.6 Å². The molecule has 1 N–H and O–H groups in total. The molecule has 1 aromatic heterocycles. The molecule has 0 spiro atoms. The molecule has 0 fully saturated rings. The Morgan fingerprint density at radius 2 is 2.05 bits per heavy atom. The molecule has 1 atom stereocenters. The van der Waals surface area contributed by atoms with E-state index in [1.807, 2.05) is 55.6 Å². The Kier molecular flexibility index (Phi) is 5.33. The topological polar surface area (TPSA) is 45.2 Å². The summed E-state index contributed by atoms with van der Waals surface area (Å²) in [6.45, 7) is 1.87. The second kappa shape index (κ2) is 7.02. The van der Waals surface area contributed by atoms with Gasteiger partial charge in [0.1, 0.15) is 5.01 Å². The van der Waals surface area contributed by atoms with Crippen LogP contribution in [0.2, 0.25) is 0 Å². The van der Waals surface area contributed by atoms with Crippen molar-refractivity contribution in [1.29, 1.82) is 0 Å². The van der Waals surface area contributed by atoms with Crippen molar-refractivity contribution in [1.82, 2.24) is 9.88 Å². The van der Waals surface area contributed by atoms with Gasteiger partial charge in [0.2, 0.25) is 5.91 Å². The first kappa shape index (κ1) is 15.9. The highest BCUT2D eigenvalue weighted by atomic mass is 35.5. The fourth-order valence-corrected chi connectivity index (χ4v) is 2.73. The van der Waals surface area contributed by atoms with Crippen LogP contribution in [0.1, 0.15) is 12.6 Å². The number of anilines is 1. The third-order valence-electron chi connectivity index (χ3n) is 3.24. The summed E-state index contributed by atoms with van der Waals surface area (Å²) in [7, 11) is 3.76. The van der Waals surface area contributed by atoms with Crippen molar-refractivity contribution in [2.24, 2.45) is 0 Å². The number of hydrogen-bond donors (Lipinski definition) is 1. The second-order valence-corrected chi connectivity index (χ2v) is 6.11. The molecular weight excluding hydrogens is 306 g/mol. The molecule has 0 saturated heterocycles. The van der Waals surface area contributed by atoms with E-state index in [0.29, 0.717) is 5.88 Å². The van der Waals surface area contributed by atoms with E-state index >= 15 is 0 Å². The highest BCUT2D eigenvalue weighted by Gasteiger charge is 2.14. The third kappa shape index (κ3) is 4.03. The SMILES string of the molecule is CC(C(=O)Nc1ccc(-c2nc(CCl)cs2)cc1)N(C)C. The third-order valence-corrected chi connectivity index (χ3v) is 4.46. The van der Waals surface area contributed by atoms with Crippen LogP contribution in [0.3, 0.4) is 0 Å². The summed E-state index contributed by atoms with van der Waals surface area (Å²) in [4.78, 5) is 18.3. The number of nitrogens with one attached hydrogen (secondary N) is 1. The monoisotopic (exact) mass is 323 g/mol. The molecule has 0 saturated carbocycles. The Morgan fingerprint density at radius 1 is 1.38 bits per heavy atom. The number of nitrogens with zero attached hydrogens (tertiary/aromatic N) is 2. The summed E-state index contributed by atoms with van der Waals surface area (Å²) in [5, 5.41) is 5.79. The van der Waals surface area contributed by atoms with Crippen LogP contribution in [0.25, 0.3) is 10.6 Å². The number of halogens is 1. The van der Waals surface area contributed by atoms with Gasteiger partial charge in [-0.1, -0.05) is 0 Å². The molecule has 1 aromatic carbocycles. The number of thiazole rings is 1. The van der Waals surface area contributed by atoms with Gasteiger partial charge in [-0.3, -0.25) is 9.69 Å². The zero-order valence-electron chi connectivity index (χ0n) is 12.3. The number of hydrogen-bond acceptors (Lipinski definition) is 4. The van der Waals surface area contributed by atoms with E-state index in [1.54, 1.807) is 11.3 Å². The number of carbonyl (C=O) groups excluding carboxylic acids is 1. The van der Waals surface area contributed by atoms with Crippen molar-refractivity contribution in [2.45, 2.75) is 18.8 Å². The zero-order valence-corrected chi connectivity index (χ0v) is 13.8. The summed E-state index contributed by atoms with van der Waals surface area (Å²) >= 11 is 7.32. The Labute approximate surface area is 133 Å². The number of benzene rings is 1. The smallest absolute Gasteiger partial charge is 0.241 e. The van der Waals surface area contributed by atoms with Gasteiger partial charge in [-0.15, -0.1) is 22.9 Å². The Bertz CT molecular complexity index is 610. The fraction of sp³-hybridized carbons (Fsp3) is 0.333. The Morgan fingerprint density at radius 3 is 2.57 bits per heavy atom. The predicted molar refractivity (Wildman–Crippen MR) is 88.9 cm³/mol. The minimum absolute atomic E-state index is 0.0218. The summed E-state index contributed by atoms with van der Waals surface area (Å²) in [6.07, 6.45) is 0. The minimum Gasteiger partial charge on any atom is -0.325 e. The highest BCUT2D eigenvalue weighted by Crippen LogP contribution is 2.25. The zero-order chi connectivity index (χ0) is 15.4. The van der Waals surface area contributed by atoms with Gasteiger partial charge >= 0.3 is 0 Å². The van der Waals surface area contributed by atoms with Crippen molar-refractivity contribution in [2.75, 3.05) is 19.4 Å². The molecule has 0 aliphatic carbocycles. The summed E-state index contributed by atoms with van der Waals surface area (Å²) in [6, 6.07) is 7.50. The standard InChI is InChI=1S/C15H18ClN3OS/c1-10(19(2)3)14(20)17-12-6-4-11(5-7-12)15-18-13(8-16)9-21-15/h4-7,9-10H,8H2,1-3H3,(H,17,20). The number of alkyl halides is 1. The van der Waals surface area contributed by atoms with Crippen molar-refractivity contribution in [3.63, 3.8) is 0 Å². The molecule has 0 aliphatic rings. The van der Waals surface area contributed by atoms with Gasteiger partial charge < -0.3 is 5.32 Å². The first-order valence-corrected chi connectivity index (χ1v) is 8.00. The second-order valence-electron chi connectivity index (χ2n) is 4.98. The number of amides is 1. The molecule has 0 aliphatic heterocycles. The predicted octanol–water partition coefficient (Wildman–Crippen LogP) is 3.44. The summed E-state index contributed by atoms with van der Waals surface area (Å²) in [5.74, 6) is 0.402. The van der Waals surface area contributed by atoms with E-state index in [2.05, 4.69) is 10.3 Å². The molecule has 2 aromatic rings. The number of rotatable bonds is 5. The van der Waals surface area contributed by atoms with Crippen molar-refractivity contribution < 1.29 is 4.79 Å². The molecular formula is C15H18ClN3OS. The highest BCUT2D eigenvalue weighted by molar-refractivity contribution is 7.13. The van der Waals surface area contributed by atoms with Crippen LogP contribution >= 0.6 is 22.9 Å². The number of aromatic nitrogens is 1. The minimum atomic E-state index is -0.171. The van der Waals surface area contributed by atoms with Crippen LogP contribution in [-0.2, 0) is 10.7 Å². The fourth-order valence-electron chi connectivity index (χ4n) is 1.68. The molecule has 4 nitrogen and oxygen atoms in total. The summed E-state index contributed by atoms with van der Waals surface area (Å²) in [5.41, 5.74) is 2.69. The molecule has 0 bridgehead atoms. The molecule has 1 heterocycles. The van der Waals surface area contributed by atoms with Gasteiger partial charge in [-0.25, -0.2) is 4.98 Å². The van der Waals surface area contributed by atoms with Crippen LogP contribution in [0.15, 0.2) is 29.6 Å². The maximum Gasteiger partial charge on any atom is 0.241 e. The van der Waals surface area contributed by atoms with Gasteiger partial charge in [0.05, 0.1) is 17.6 Å². The van der Waals surface area contributed by atoms with Crippen LogP contribution in [-0.4, -0.2) is 35.9 Å². The van der Waals surface area contributed by atoms with E-state index in [9.17, 15) is 4.79 Å². The van der Waals surface area contributed by atoms with Crippen molar-refractivity contribution >= 4 is 34.5 Å². The van der Waals surface area contributed by atoms with E-state index in [-0.39, 0.29) is 11.9 Å². The van der Waals surface area contributed by atoms with Crippen molar-refractivity contribution in [3.05, 3.63) is 35.3 Å². The first-order valence-electron chi connectivity index (χ1n) is 6.59. The maximum atomic E-state index is 12.0. The van der Waals surface area contributed by atoms with Crippen LogP contribution in [0.5, 0.6) is 0 Å². The first-order chi connectivity index (χ1) is 10.0. The van der Waals surface area contributed by atoms with E-state index in [1.165, 1.54) is 0 Å². The largest absolute Gasteiger partial charge is 0.325 e. The van der Waals surface area contributed by atoms with E-state index in [4.69, 9.17) is 11.6 Å². The van der Waals surface area contributed by atoms with E-state index < -0.39 is 0 Å². The summed E-state index contributed by atoms with van der Waals surface area (Å²) < 4.78 is 0.